The van der Waals surface area contributed by atoms with Crippen LogP contribution in [0.3, 0.4) is 0 Å². The van der Waals surface area contributed by atoms with Crippen LogP contribution in [0.2, 0.25) is 10.0 Å². The minimum absolute atomic E-state index is 0.237. The third-order valence-electron chi connectivity index (χ3n) is 2.77. The fourth-order valence-electron chi connectivity index (χ4n) is 1.88. The molecule has 1 N–H and O–H groups in total. The van der Waals surface area contributed by atoms with Gasteiger partial charge in [-0.15, -0.1) is 0 Å². The third kappa shape index (κ3) is 2.61. The summed E-state index contributed by atoms with van der Waals surface area (Å²) in [7, 11) is 0. The van der Waals surface area contributed by atoms with Crippen molar-refractivity contribution >= 4 is 40.4 Å². The van der Waals surface area contributed by atoms with Crippen molar-refractivity contribution in [2.45, 2.75) is 0 Å². The topological polar surface area (TPSA) is 46.4 Å². The predicted molar refractivity (Wildman–Crippen MR) is 79.6 cm³/mol. The Morgan fingerprint density at radius 1 is 1.15 bits per heavy atom. The normalized spacial score (nSPS) is 10.7. The van der Waals surface area contributed by atoms with Gasteiger partial charge < -0.3 is 9.72 Å². The number of nitrogens with zero attached hydrogens (tertiary/aromatic N) is 2. The molecular weight excluding hydrogens is 297 g/mol. The molecule has 0 atom stereocenters. The molecule has 3 rings (SSSR count). The van der Waals surface area contributed by atoms with E-state index in [1.165, 1.54) is 0 Å². The molecule has 0 unspecified atom stereocenters. The minimum atomic E-state index is -0.237. The van der Waals surface area contributed by atoms with Crippen LogP contribution in [0, 0.1) is 0 Å². The maximum atomic E-state index is 12.2. The number of amides is 1. The second kappa shape index (κ2) is 5.15. The number of hydrogen-bond acceptors (Lipinski definition) is 2. The number of carbonyl (C=O) groups excluding carboxylic acids is 1. The van der Waals surface area contributed by atoms with E-state index in [-0.39, 0.29) is 5.91 Å². The minimum Gasteiger partial charge on any atom is -0.322 e. The Hall–Kier alpha value is -2.04. The molecule has 1 aromatic carbocycles. The molecule has 0 fully saturated rings. The molecule has 2 aromatic heterocycles. The summed E-state index contributed by atoms with van der Waals surface area (Å²) < 4.78 is 1.78. The highest BCUT2D eigenvalue weighted by atomic mass is 35.5. The molecule has 3 aromatic rings. The molecule has 0 bridgehead atoms. The lowest BCUT2D eigenvalue weighted by molar-refractivity contribution is 0.102. The van der Waals surface area contributed by atoms with Crippen LogP contribution in [-0.2, 0) is 0 Å². The van der Waals surface area contributed by atoms with Gasteiger partial charge in [0, 0.05) is 34.3 Å². The van der Waals surface area contributed by atoms with Gasteiger partial charge in [0.1, 0.15) is 5.65 Å². The first-order valence-corrected chi connectivity index (χ1v) is 6.57. The molecule has 6 heteroatoms. The van der Waals surface area contributed by atoms with Gasteiger partial charge in [0.15, 0.2) is 0 Å². The molecule has 0 aliphatic rings. The molecule has 2 heterocycles. The van der Waals surface area contributed by atoms with E-state index in [9.17, 15) is 4.79 Å². The van der Waals surface area contributed by atoms with E-state index in [0.29, 0.717) is 21.3 Å². The van der Waals surface area contributed by atoms with Gasteiger partial charge in [-0.25, -0.2) is 4.98 Å². The van der Waals surface area contributed by atoms with Gasteiger partial charge in [0.25, 0.3) is 5.91 Å². The van der Waals surface area contributed by atoms with Crippen LogP contribution >= 0.6 is 23.2 Å². The standard InChI is InChI=1S/C14H9Cl2N3O/c15-10-5-11(16)7-12(6-10)18-14(20)9-1-2-13-17-3-4-19(13)8-9/h1-8H,(H,18,20). The summed E-state index contributed by atoms with van der Waals surface area (Å²) >= 11 is 11.8. The van der Waals surface area contributed by atoms with Crippen LogP contribution in [0.4, 0.5) is 5.69 Å². The number of fused-ring (bicyclic) bond motifs is 1. The van der Waals surface area contributed by atoms with Gasteiger partial charge >= 0.3 is 0 Å². The first-order chi connectivity index (χ1) is 9.61. The lowest BCUT2D eigenvalue weighted by Gasteiger charge is -2.07. The van der Waals surface area contributed by atoms with Gasteiger partial charge in [-0.2, -0.15) is 0 Å². The van der Waals surface area contributed by atoms with Crippen LogP contribution in [0.5, 0.6) is 0 Å². The largest absolute Gasteiger partial charge is 0.322 e. The van der Waals surface area contributed by atoms with E-state index in [2.05, 4.69) is 10.3 Å². The van der Waals surface area contributed by atoms with Crippen LogP contribution in [0.15, 0.2) is 48.9 Å². The van der Waals surface area contributed by atoms with Crippen molar-refractivity contribution in [1.82, 2.24) is 9.38 Å². The van der Waals surface area contributed by atoms with Crippen molar-refractivity contribution in [2.24, 2.45) is 0 Å². The number of hydrogen-bond donors (Lipinski definition) is 1. The molecule has 4 nitrogen and oxygen atoms in total. The molecule has 100 valence electrons. The number of aromatic nitrogens is 2. The average Bonchev–Trinajstić information content (AvgIpc) is 2.84. The third-order valence-corrected chi connectivity index (χ3v) is 3.21. The average molecular weight is 306 g/mol. The Morgan fingerprint density at radius 3 is 2.65 bits per heavy atom. The molecule has 0 saturated carbocycles. The van der Waals surface area contributed by atoms with Gasteiger partial charge in [0.05, 0.1) is 5.56 Å². The summed E-state index contributed by atoms with van der Waals surface area (Å²) in [5.41, 5.74) is 1.86. The highest BCUT2D eigenvalue weighted by Gasteiger charge is 2.08. The molecule has 0 radical (unpaired) electrons. The summed E-state index contributed by atoms with van der Waals surface area (Å²) in [6.45, 7) is 0. The van der Waals surface area contributed by atoms with Crippen molar-refractivity contribution in [2.75, 3.05) is 5.32 Å². The van der Waals surface area contributed by atoms with E-state index < -0.39 is 0 Å². The van der Waals surface area contributed by atoms with E-state index >= 15 is 0 Å². The fourth-order valence-corrected chi connectivity index (χ4v) is 2.41. The van der Waals surface area contributed by atoms with E-state index in [0.717, 1.165) is 5.65 Å². The zero-order chi connectivity index (χ0) is 14.1. The Morgan fingerprint density at radius 2 is 1.90 bits per heavy atom. The Labute approximate surface area is 125 Å². The quantitative estimate of drug-likeness (QED) is 0.780. The van der Waals surface area contributed by atoms with Crippen LogP contribution < -0.4 is 5.32 Å². The van der Waals surface area contributed by atoms with Crippen LogP contribution in [-0.4, -0.2) is 15.3 Å². The molecule has 0 aliphatic carbocycles. The summed E-state index contributed by atoms with van der Waals surface area (Å²) in [5, 5.41) is 3.70. The summed E-state index contributed by atoms with van der Waals surface area (Å²) in [6.07, 6.45) is 5.17. The second-order valence-corrected chi connectivity index (χ2v) is 5.10. The molecule has 0 spiro atoms. The monoisotopic (exact) mass is 305 g/mol. The number of pyridine rings is 1. The van der Waals surface area contributed by atoms with Gasteiger partial charge in [-0.05, 0) is 30.3 Å². The maximum absolute atomic E-state index is 12.2. The van der Waals surface area contributed by atoms with Crippen molar-refractivity contribution < 1.29 is 4.79 Å². The van der Waals surface area contributed by atoms with E-state index in [4.69, 9.17) is 23.2 Å². The van der Waals surface area contributed by atoms with Gasteiger partial charge in [-0.3, -0.25) is 4.79 Å². The maximum Gasteiger partial charge on any atom is 0.257 e. The SMILES string of the molecule is O=C(Nc1cc(Cl)cc(Cl)c1)c1ccc2nccn2c1. The zero-order valence-corrected chi connectivity index (χ0v) is 11.7. The summed E-state index contributed by atoms with van der Waals surface area (Å²) in [6, 6.07) is 8.38. The predicted octanol–water partition coefficient (Wildman–Crippen LogP) is 3.89. The number of benzene rings is 1. The lowest BCUT2D eigenvalue weighted by Crippen LogP contribution is -2.12. The number of nitrogens with one attached hydrogen (secondary N) is 1. The lowest BCUT2D eigenvalue weighted by atomic mass is 10.2. The molecule has 1 amide bonds. The summed E-state index contributed by atoms with van der Waals surface area (Å²) in [4.78, 5) is 16.3. The Kier molecular flexibility index (Phi) is 3.34. The highest BCUT2D eigenvalue weighted by Crippen LogP contribution is 2.22. The first kappa shape index (κ1) is 13.0. The molecule has 0 aliphatic heterocycles. The smallest absolute Gasteiger partial charge is 0.257 e. The second-order valence-electron chi connectivity index (χ2n) is 4.22. The van der Waals surface area contributed by atoms with Crippen molar-refractivity contribution in [1.29, 1.82) is 0 Å². The van der Waals surface area contributed by atoms with Gasteiger partial charge in [-0.1, -0.05) is 23.2 Å². The molecule has 0 saturated heterocycles. The number of rotatable bonds is 2. The first-order valence-electron chi connectivity index (χ1n) is 5.82. The zero-order valence-electron chi connectivity index (χ0n) is 10.2. The number of halogens is 2. The van der Waals surface area contributed by atoms with Gasteiger partial charge in [0.2, 0.25) is 0 Å². The van der Waals surface area contributed by atoms with E-state index in [1.807, 2.05) is 0 Å². The fraction of sp³-hybridized carbons (Fsp3) is 0. The van der Waals surface area contributed by atoms with Crippen molar-refractivity contribution in [3.63, 3.8) is 0 Å². The van der Waals surface area contributed by atoms with Crippen molar-refractivity contribution in [3.8, 4) is 0 Å². The number of anilines is 1. The van der Waals surface area contributed by atoms with Crippen molar-refractivity contribution in [3.05, 3.63) is 64.5 Å². The Bertz CT molecular complexity index is 778. The van der Waals surface area contributed by atoms with E-state index in [1.54, 1.807) is 53.3 Å². The summed E-state index contributed by atoms with van der Waals surface area (Å²) in [5.74, 6) is -0.237. The molecule has 20 heavy (non-hydrogen) atoms. The number of imidazole rings is 1. The Balaban J connectivity index is 1.88. The number of carbonyl (C=O) groups is 1. The highest BCUT2D eigenvalue weighted by molar-refractivity contribution is 6.35. The molecular formula is C14H9Cl2N3O. The van der Waals surface area contributed by atoms with Crippen LogP contribution in [0.25, 0.3) is 5.65 Å². The van der Waals surface area contributed by atoms with Crippen LogP contribution in [0.1, 0.15) is 10.4 Å².